The summed E-state index contributed by atoms with van der Waals surface area (Å²) in [5, 5.41) is 9.95. The number of amides is 1. The van der Waals surface area contributed by atoms with E-state index in [2.05, 4.69) is 4.98 Å². The molecular formula is C18H12Cl2N2O4. The van der Waals surface area contributed by atoms with Crippen molar-refractivity contribution in [1.82, 2.24) is 4.98 Å². The van der Waals surface area contributed by atoms with Crippen molar-refractivity contribution in [2.75, 3.05) is 11.4 Å². The molecule has 1 saturated heterocycles. The number of oxazole rings is 1. The number of carboxylic acids is 1. The molecule has 6 nitrogen and oxygen atoms in total. The zero-order valence-corrected chi connectivity index (χ0v) is 14.8. The first kappa shape index (κ1) is 16.9. The summed E-state index contributed by atoms with van der Waals surface area (Å²) in [5.74, 6) is -1.55. The molecule has 1 aliphatic heterocycles. The van der Waals surface area contributed by atoms with Gasteiger partial charge in [0.05, 0.1) is 10.9 Å². The number of benzene rings is 2. The maximum absolute atomic E-state index is 12.2. The third-order valence-corrected chi connectivity index (χ3v) is 4.79. The standard InChI is InChI=1S/C18H12Cl2N2O4/c19-11-6-13(20)16-14(7-11)21-17(26-16)9-2-1-3-12(4-9)22-8-10(18(24)25)5-15(22)23/h1-4,6-7,10H,5,8H2,(H,24,25)/t10-/m1/s1. The lowest BCUT2D eigenvalue weighted by Gasteiger charge is -2.16. The Kier molecular flexibility index (Phi) is 4.09. The molecule has 0 radical (unpaired) electrons. The molecule has 1 amide bonds. The highest BCUT2D eigenvalue weighted by Crippen LogP contribution is 2.34. The fourth-order valence-corrected chi connectivity index (χ4v) is 3.53. The molecule has 4 rings (SSSR count). The van der Waals surface area contributed by atoms with Crippen LogP contribution in [0.4, 0.5) is 5.69 Å². The van der Waals surface area contributed by atoms with Crippen molar-refractivity contribution in [3.8, 4) is 11.5 Å². The number of aliphatic carboxylic acids is 1. The number of aromatic nitrogens is 1. The van der Waals surface area contributed by atoms with Crippen LogP contribution in [0.15, 0.2) is 40.8 Å². The number of rotatable bonds is 3. The summed E-state index contributed by atoms with van der Waals surface area (Å²) < 4.78 is 5.74. The van der Waals surface area contributed by atoms with Crippen LogP contribution >= 0.6 is 23.2 Å². The average molecular weight is 391 g/mol. The molecular weight excluding hydrogens is 379 g/mol. The van der Waals surface area contributed by atoms with Crippen molar-refractivity contribution in [2.45, 2.75) is 6.42 Å². The van der Waals surface area contributed by atoms with Crippen LogP contribution in [0.2, 0.25) is 10.0 Å². The predicted octanol–water partition coefficient (Wildman–Crippen LogP) is 4.24. The van der Waals surface area contributed by atoms with Gasteiger partial charge in [0.2, 0.25) is 11.8 Å². The molecule has 0 spiro atoms. The SMILES string of the molecule is O=C(O)[C@@H]1CC(=O)N(c2cccc(-c3nc4cc(Cl)cc(Cl)c4o3)c2)C1. The predicted molar refractivity (Wildman–Crippen MR) is 97.6 cm³/mol. The van der Waals surface area contributed by atoms with Crippen molar-refractivity contribution < 1.29 is 19.1 Å². The minimum Gasteiger partial charge on any atom is -0.481 e. The molecule has 2 heterocycles. The van der Waals surface area contributed by atoms with Gasteiger partial charge in [0, 0.05) is 29.2 Å². The van der Waals surface area contributed by atoms with Crippen LogP contribution in [-0.4, -0.2) is 28.5 Å². The highest BCUT2D eigenvalue weighted by Gasteiger charge is 2.35. The fourth-order valence-electron chi connectivity index (χ4n) is 3.01. The van der Waals surface area contributed by atoms with E-state index in [1.165, 1.54) is 4.90 Å². The normalized spacial score (nSPS) is 17.2. The van der Waals surface area contributed by atoms with Crippen LogP contribution in [-0.2, 0) is 9.59 Å². The lowest BCUT2D eigenvalue weighted by Crippen LogP contribution is -2.25. The van der Waals surface area contributed by atoms with E-state index < -0.39 is 11.9 Å². The van der Waals surface area contributed by atoms with E-state index in [0.29, 0.717) is 38.3 Å². The first-order valence-electron chi connectivity index (χ1n) is 7.81. The van der Waals surface area contributed by atoms with E-state index in [4.69, 9.17) is 32.7 Å². The van der Waals surface area contributed by atoms with Crippen LogP contribution in [0.3, 0.4) is 0 Å². The molecule has 1 fully saturated rings. The van der Waals surface area contributed by atoms with Crippen LogP contribution in [0.25, 0.3) is 22.6 Å². The second kappa shape index (κ2) is 6.30. The lowest BCUT2D eigenvalue weighted by atomic mass is 10.1. The maximum atomic E-state index is 12.2. The number of anilines is 1. The Morgan fingerprint density at radius 1 is 1.27 bits per heavy atom. The number of fused-ring (bicyclic) bond motifs is 1. The van der Waals surface area contributed by atoms with Crippen molar-refractivity contribution in [1.29, 1.82) is 0 Å². The second-order valence-electron chi connectivity index (χ2n) is 6.05. The number of hydrogen-bond acceptors (Lipinski definition) is 4. The van der Waals surface area contributed by atoms with Crippen molar-refractivity contribution >= 4 is 51.9 Å². The summed E-state index contributed by atoms with van der Waals surface area (Å²) in [6, 6.07) is 10.3. The second-order valence-corrected chi connectivity index (χ2v) is 6.89. The van der Waals surface area contributed by atoms with E-state index in [-0.39, 0.29) is 18.9 Å². The molecule has 0 aliphatic carbocycles. The minimum absolute atomic E-state index is 0.00342. The summed E-state index contributed by atoms with van der Waals surface area (Å²) in [6.45, 7) is 0.145. The molecule has 3 aromatic rings. The number of carbonyl (C=O) groups excluding carboxylic acids is 1. The molecule has 1 N–H and O–H groups in total. The van der Waals surface area contributed by atoms with Gasteiger partial charge in [0.1, 0.15) is 5.52 Å². The van der Waals surface area contributed by atoms with Gasteiger partial charge in [-0.2, -0.15) is 0 Å². The van der Waals surface area contributed by atoms with Crippen LogP contribution in [0, 0.1) is 5.92 Å². The monoisotopic (exact) mass is 390 g/mol. The third kappa shape index (κ3) is 2.91. The van der Waals surface area contributed by atoms with Gasteiger partial charge in [0.15, 0.2) is 5.58 Å². The van der Waals surface area contributed by atoms with Gasteiger partial charge >= 0.3 is 5.97 Å². The van der Waals surface area contributed by atoms with E-state index >= 15 is 0 Å². The minimum atomic E-state index is -0.970. The Morgan fingerprint density at radius 2 is 2.08 bits per heavy atom. The van der Waals surface area contributed by atoms with Crippen LogP contribution < -0.4 is 4.90 Å². The van der Waals surface area contributed by atoms with Gasteiger partial charge in [0.25, 0.3) is 0 Å². The van der Waals surface area contributed by atoms with Gasteiger partial charge < -0.3 is 14.4 Å². The average Bonchev–Trinajstić information content (AvgIpc) is 3.19. The molecule has 1 aromatic heterocycles. The Balaban J connectivity index is 1.71. The summed E-state index contributed by atoms with van der Waals surface area (Å²) in [5.41, 5.74) is 2.21. The van der Waals surface area contributed by atoms with Crippen LogP contribution in [0.1, 0.15) is 6.42 Å². The summed E-state index contributed by atoms with van der Waals surface area (Å²) in [6.07, 6.45) is -0.00342. The molecule has 1 atom stereocenters. The van der Waals surface area contributed by atoms with E-state index in [1.807, 2.05) is 0 Å². The molecule has 0 unspecified atom stereocenters. The quantitative estimate of drug-likeness (QED) is 0.722. The molecule has 132 valence electrons. The largest absolute Gasteiger partial charge is 0.481 e. The summed E-state index contributed by atoms with van der Waals surface area (Å²) >= 11 is 12.1. The van der Waals surface area contributed by atoms with Gasteiger partial charge in [-0.1, -0.05) is 29.3 Å². The van der Waals surface area contributed by atoms with E-state index in [0.717, 1.165) is 0 Å². The zero-order valence-electron chi connectivity index (χ0n) is 13.3. The van der Waals surface area contributed by atoms with Gasteiger partial charge in [-0.3, -0.25) is 9.59 Å². The van der Waals surface area contributed by atoms with Crippen molar-refractivity contribution in [3.63, 3.8) is 0 Å². The highest BCUT2D eigenvalue weighted by molar-refractivity contribution is 6.38. The third-order valence-electron chi connectivity index (χ3n) is 4.29. The molecule has 0 saturated carbocycles. The van der Waals surface area contributed by atoms with Crippen molar-refractivity contribution in [3.05, 3.63) is 46.4 Å². The molecule has 2 aromatic carbocycles. The number of nitrogens with zero attached hydrogens (tertiary/aromatic N) is 2. The molecule has 8 heteroatoms. The number of carbonyl (C=O) groups is 2. The first-order chi connectivity index (χ1) is 12.4. The van der Waals surface area contributed by atoms with Crippen molar-refractivity contribution in [2.24, 2.45) is 5.92 Å². The van der Waals surface area contributed by atoms with Gasteiger partial charge in [-0.05, 0) is 30.3 Å². The number of carboxylic acid groups (broad SMARTS) is 1. The first-order valence-corrected chi connectivity index (χ1v) is 8.57. The topological polar surface area (TPSA) is 83.6 Å². The Hall–Kier alpha value is -2.57. The smallest absolute Gasteiger partial charge is 0.308 e. The fraction of sp³-hybridized carbons (Fsp3) is 0.167. The highest BCUT2D eigenvalue weighted by atomic mass is 35.5. The Bertz CT molecular complexity index is 1050. The van der Waals surface area contributed by atoms with E-state index in [1.54, 1.807) is 36.4 Å². The van der Waals surface area contributed by atoms with Gasteiger partial charge in [-0.25, -0.2) is 4.98 Å². The number of hydrogen-bond donors (Lipinski definition) is 1. The molecule has 1 aliphatic rings. The summed E-state index contributed by atoms with van der Waals surface area (Å²) in [4.78, 5) is 29.2. The van der Waals surface area contributed by atoms with E-state index in [9.17, 15) is 9.59 Å². The maximum Gasteiger partial charge on any atom is 0.308 e. The van der Waals surface area contributed by atoms with Crippen LogP contribution in [0.5, 0.6) is 0 Å². The zero-order chi connectivity index (χ0) is 18.4. The number of halogens is 2. The molecule has 0 bridgehead atoms. The lowest BCUT2D eigenvalue weighted by molar-refractivity contribution is -0.141. The molecule has 26 heavy (non-hydrogen) atoms. The van der Waals surface area contributed by atoms with Gasteiger partial charge in [-0.15, -0.1) is 0 Å². The Morgan fingerprint density at radius 3 is 2.81 bits per heavy atom. The Labute approximate surface area is 157 Å². The summed E-state index contributed by atoms with van der Waals surface area (Å²) in [7, 11) is 0.